The number of amides is 1. The molecule has 1 heterocycles. The summed E-state index contributed by atoms with van der Waals surface area (Å²) in [7, 11) is 0. The fourth-order valence-corrected chi connectivity index (χ4v) is 3.94. The van der Waals surface area contributed by atoms with Crippen LogP contribution in [0.2, 0.25) is 0 Å². The zero-order valence-electron chi connectivity index (χ0n) is 13.6. The summed E-state index contributed by atoms with van der Waals surface area (Å²) in [6.07, 6.45) is 2.01. The minimum atomic E-state index is -0.406. The van der Waals surface area contributed by atoms with Gasteiger partial charge >= 0.3 is 6.09 Å². The van der Waals surface area contributed by atoms with E-state index in [0.29, 0.717) is 11.3 Å². The first-order valence-corrected chi connectivity index (χ1v) is 7.85. The SMILES string of the molecule is CC(C)(C)OC(=O)N1CCC(C2C(CN)C2(C)C)CC1. The van der Waals surface area contributed by atoms with E-state index >= 15 is 0 Å². The Morgan fingerprint density at radius 1 is 1.30 bits per heavy atom. The van der Waals surface area contributed by atoms with Gasteiger partial charge in [0.25, 0.3) is 0 Å². The van der Waals surface area contributed by atoms with Gasteiger partial charge in [0.2, 0.25) is 0 Å². The quantitative estimate of drug-likeness (QED) is 0.847. The van der Waals surface area contributed by atoms with Gasteiger partial charge in [-0.25, -0.2) is 4.79 Å². The van der Waals surface area contributed by atoms with E-state index in [1.165, 1.54) is 0 Å². The highest BCUT2D eigenvalue weighted by Gasteiger charge is 2.59. The van der Waals surface area contributed by atoms with E-state index in [1.807, 2.05) is 25.7 Å². The molecule has 2 aliphatic rings. The second-order valence-electron chi connectivity index (χ2n) is 7.99. The Morgan fingerprint density at radius 3 is 2.25 bits per heavy atom. The number of rotatable bonds is 2. The van der Waals surface area contributed by atoms with Crippen molar-refractivity contribution in [1.29, 1.82) is 0 Å². The van der Waals surface area contributed by atoms with Crippen molar-refractivity contribution in [3.8, 4) is 0 Å². The molecule has 0 radical (unpaired) electrons. The number of ether oxygens (including phenoxy) is 1. The number of piperidine rings is 1. The van der Waals surface area contributed by atoms with Gasteiger partial charge in [-0.2, -0.15) is 0 Å². The van der Waals surface area contributed by atoms with E-state index in [9.17, 15) is 4.79 Å². The largest absolute Gasteiger partial charge is 0.444 e. The fraction of sp³-hybridized carbons (Fsp3) is 0.938. The molecule has 2 atom stereocenters. The van der Waals surface area contributed by atoms with Gasteiger partial charge in [0, 0.05) is 13.1 Å². The molecule has 2 unspecified atom stereocenters. The molecular weight excluding hydrogens is 252 g/mol. The Hall–Kier alpha value is -0.770. The van der Waals surface area contributed by atoms with E-state index in [1.54, 1.807) is 0 Å². The predicted octanol–water partition coefficient (Wildman–Crippen LogP) is 2.86. The molecule has 4 nitrogen and oxygen atoms in total. The molecule has 1 aliphatic heterocycles. The number of carbonyl (C=O) groups excluding carboxylic acids is 1. The molecule has 1 saturated carbocycles. The van der Waals surface area contributed by atoms with Crippen LogP contribution in [0.1, 0.15) is 47.5 Å². The lowest BCUT2D eigenvalue weighted by molar-refractivity contribution is 0.0170. The summed E-state index contributed by atoms with van der Waals surface area (Å²) < 4.78 is 5.44. The summed E-state index contributed by atoms with van der Waals surface area (Å²) >= 11 is 0. The van der Waals surface area contributed by atoms with E-state index in [4.69, 9.17) is 10.5 Å². The Morgan fingerprint density at radius 2 is 1.85 bits per heavy atom. The van der Waals surface area contributed by atoms with E-state index in [0.717, 1.165) is 44.3 Å². The molecule has 20 heavy (non-hydrogen) atoms. The number of nitrogens with zero attached hydrogens (tertiary/aromatic N) is 1. The minimum absolute atomic E-state index is 0.165. The monoisotopic (exact) mass is 282 g/mol. The minimum Gasteiger partial charge on any atom is -0.444 e. The van der Waals surface area contributed by atoms with Gasteiger partial charge in [-0.3, -0.25) is 0 Å². The maximum absolute atomic E-state index is 12.0. The van der Waals surface area contributed by atoms with Crippen molar-refractivity contribution in [3.63, 3.8) is 0 Å². The first-order valence-electron chi connectivity index (χ1n) is 7.85. The van der Waals surface area contributed by atoms with Crippen LogP contribution in [0.15, 0.2) is 0 Å². The standard InChI is InChI=1S/C16H30N2O2/c1-15(2,3)20-14(19)18-8-6-11(7-9-18)13-12(10-17)16(13,4)5/h11-13H,6-10,17H2,1-5H3. The lowest BCUT2D eigenvalue weighted by Gasteiger charge is -2.34. The van der Waals surface area contributed by atoms with Crippen molar-refractivity contribution in [3.05, 3.63) is 0 Å². The van der Waals surface area contributed by atoms with Crippen LogP contribution in [0.4, 0.5) is 4.79 Å². The molecule has 0 bridgehead atoms. The van der Waals surface area contributed by atoms with Crippen molar-refractivity contribution in [1.82, 2.24) is 4.90 Å². The Balaban J connectivity index is 1.83. The van der Waals surface area contributed by atoms with Gasteiger partial charge in [-0.1, -0.05) is 13.8 Å². The zero-order valence-corrected chi connectivity index (χ0v) is 13.6. The lowest BCUT2D eigenvalue weighted by Crippen LogP contribution is -2.42. The third-order valence-electron chi connectivity index (χ3n) is 5.09. The molecule has 2 fully saturated rings. The number of nitrogens with two attached hydrogens (primary N) is 1. The molecule has 1 saturated heterocycles. The highest BCUT2D eigenvalue weighted by atomic mass is 16.6. The highest BCUT2D eigenvalue weighted by Crippen LogP contribution is 2.62. The molecular formula is C16H30N2O2. The van der Waals surface area contributed by atoms with Gasteiger partial charge in [-0.05, 0) is 63.3 Å². The number of likely N-dealkylation sites (tertiary alicyclic amines) is 1. The van der Waals surface area contributed by atoms with Crippen LogP contribution >= 0.6 is 0 Å². The molecule has 2 N–H and O–H groups in total. The lowest BCUT2D eigenvalue weighted by atomic mass is 9.88. The van der Waals surface area contributed by atoms with Crippen LogP contribution in [-0.4, -0.2) is 36.2 Å². The topological polar surface area (TPSA) is 55.6 Å². The van der Waals surface area contributed by atoms with Crippen molar-refractivity contribution in [2.45, 2.75) is 53.1 Å². The van der Waals surface area contributed by atoms with Crippen LogP contribution < -0.4 is 5.73 Å². The molecule has 2 rings (SSSR count). The normalized spacial score (nSPS) is 30.2. The number of carbonyl (C=O) groups is 1. The fourth-order valence-electron chi connectivity index (χ4n) is 3.94. The predicted molar refractivity (Wildman–Crippen MR) is 80.3 cm³/mol. The third kappa shape index (κ3) is 3.11. The van der Waals surface area contributed by atoms with Gasteiger partial charge < -0.3 is 15.4 Å². The van der Waals surface area contributed by atoms with E-state index in [-0.39, 0.29) is 6.09 Å². The summed E-state index contributed by atoms with van der Waals surface area (Å²) in [5.41, 5.74) is 5.86. The molecule has 0 aromatic rings. The maximum Gasteiger partial charge on any atom is 0.410 e. The molecule has 116 valence electrons. The number of hydrogen-bond donors (Lipinski definition) is 1. The molecule has 1 amide bonds. The van der Waals surface area contributed by atoms with Gasteiger partial charge in [-0.15, -0.1) is 0 Å². The average Bonchev–Trinajstić information content (AvgIpc) is 2.89. The van der Waals surface area contributed by atoms with Crippen LogP contribution in [0.3, 0.4) is 0 Å². The van der Waals surface area contributed by atoms with Crippen LogP contribution in [0.25, 0.3) is 0 Å². The number of hydrogen-bond acceptors (Lipinski definition) is 3. The Kier molecular flexibility index (Phi) is 4.07. The van der Waals surface area contributed by atoms with Gasteiger partial charge in [0.1, 0.15) is 5.60 Å². The molecule has 0 aromatic heterocycles. The maximum atomic E-state index is 12.0. The van der Waals surface area contributed by atoms with Crippen LogP contribution in [-0.2, 0) is 4.74 Å². The molecule has 0 spiro atoms. The van der Waals surface area contributed by atoms with Gasteiger partial charge in [0.05, 0.1) is 0 Å². The first kappa shape index (κ1) is 15.6. The third-order valence-corrected chi connectivity index (χ3v) is 5.09. The zero-order chi connectivity index (χ0) is 15.1. The molecule has 4 heteroatoms. The van der Waals surface area contributed by atoms with Crippen molar-refractivity contribution < 1.29 is 9.53 Å². The Bertz CT molecular complexity index is 365. The van der Waals surface area contributed by atoms with E-state index in [2.05, 4.69) is 13.8 Å². The highest BCUT2D eigenvalue weighted by molar-refractivity contribution is 5.68. The Labute approximate surface area is 123 Å². The van der Waals surface area contributed by atoms with Crippen molar-refractivity contribution in [2.75, 3.05) is 19.6 Å². The first-order chi connectivity index (χ1) is 9.16. The van der Waals surface area contributed by atoms with Crippen molar-refractivity contribution in [2.24, 2.45) is 28.9 Å². The summed E-state index contributed by atoms with van der Waals surface area (Å²) in [6.45, 7) is 12.8. The summed E-state index contributed by atoms with van der Waals surface area (Å²) in [5.74, 6) is 2.13. The van der Waals surface area contributed by atoms with Gasteiger partial charge in [0.15, 0.2) is 0 Å². The summed E-state index contributed by atoms with van der Waals surface area (Å²) in [4.78, 5) is 13.9. The summed E-state index contributed by atoms with van der Waals surface area (Å²) in [5, 5.41) is 0. The smallest absolute Gasteiger partial charge is 0.410 e. The molecule has 0 aromatic carbocycles. The molecule has 1 aliphatic carbocycles. The second-order valence-corrected chi connectivity index (χ2v) is 7.99. The van der Waals surface area contributed by atoms with Crippen molar-refractivity contribution >= 4 is 6.09 Å². The second kappa shape index (κ2) is 5.21. The van der Waals surface area contributed by atoms with Crippen LogP contribution in [0.5, 0.6) is 0 Å². The summed E-state index contributed by atoms with van der Waals surface area (Å²) in [6, 6.07) is 0. The van der Waals surface area contributed by atoms with E-state index < -0.39 is 5.60 Å². The average molecular weight is 282 g/mol. The van der Waals surface area contributed by atoms with Crippen LogP contribution in [0, 0.1) is 23.2 Å².